The van der Waals surface area contributed by atoms with Crippen LogP contribution in [0.5, 0.6) is 0 Å². The molecule has 1 heterocycles. The summed E-state index contributed by atoms with van der Waals surface area (Å²) in [6.07, 6.45) is 3.47. The van der Waals surface area contributed by atoms with Crippen LogP contribution in [0.1, 0.15) is 19.8 Å². The van der Waals surface area contributed by atoms with Gasteiger partial charge in [0.2, 0.25) is 0 Å². The molecule has 4 heteroatoms. The van der Waals surface area contributed by atoms with Gasteiger partial charge in [0.05, 0.1) is 11.9 Å². The largest absolute Gasteiger partial charge is 0.396 e. The zero-order chi connectivity index (χ0) is 10.4. The number of nitrogen functional groups attached to an aromatic ring is 1. The van der Waals surface area contributed by atoms with E-state index in [1.54, 1.807) is 12.3 Å². The molecule has 0 saturated heterocycles. The summed E-state index contributed by atoms with van der Waals surface area (Å²) >= 11 is 0. The number of aliphatic hydroxyl groups excluding tert-OH is 1. The van der Waals surface area contributed by atoms with Gasteiger partial charge < -0.3 is 16.2 Å². The third-order valence-corrected chi connectivity index (χ3v) is 1.99. The number of pyridine rings is 1. The van der Waals surface area contributed by atoms with Gasteiger partial charge in [-0.25, -0.2) is 4.98 Å². The van der Waals surface area contributed by atoms with Gasteiger partial charge in [-0.1, -0.05) is 0 Å². The number of hydrogen-bond donors (Lipinski definition) is 3. The molecule has 14 heavy (non-hydrogen) atoms. The average Bonchev–Trinajstić information content (AvgIpc) is 2.18. The highest BCUT2D eigenvalue weighted by Crippen LogP contribution is 2.10. The van der Waals surface area contributed by atoms with Gasteiger partial charge in [0.25, 0.3) is 0 Å². The summed E-state index contributed by atoms with van der Waals surface area (Å²) in [4.78, 5) is 3.98. The summed E-state index contributed by atoms with van der Waals surface area (Å²) in [5.74, 6) is 0.526. The van der Waals surface area contributed by atoms with Crippen molar-refractivity contribution in [1.29, 1.82) is 0 Å². The molecule has 4 nitrogen and oxygen atoms in total. The van der Waals surface area contributed by atoms with Gasteiger partial charge >= 0.3 is 0 Å². The lowest BCUT2D eigenvalue weighted by Crippen LogP contribution is -2.15. The van der Waals surface area contributed by atoms with Gasteiger partial charge in [0.1, 0.15) is 5.82 Å². The molecular weight excluding hydrogens is 178 g/mol. The summed E-state index contributed by atoms with van der Waals surface area (Å²) in [6.45, 7) is 2.32. The fourth-order valence-corrected chi connectivity index (χ4v) is 1.24. The summed E-state index contributed by atoms with van der Waals surface area (Å²) < 4.78 is 0. The molecule has 4 N–H and O–H groups in total. The van der Waals surface area contributed by atoms with E-state index in [1.807, 2.05) is 6.07 Å². The highest BCUT2D eigenvalue weighted by Gasteiger charge is 2.01. The molecule has 0 spiro atoms. The molecule has 1 atom stereocenters. The third kappa shape index (κ3) is 3.62. The van der Waals surface area contributed by atoms with Crippen molar-refractivity contribution in [2.75, 3.05) is 17.7 Å². The van der Waals surface area contributed by atoms with Crippen molar-refractivity contribution in [3.63, 3.8) is 0 Å². The minimum Gasteiger partial charge on any atom is -0.396 e. The molecule has 0 aliphatic heterocycles. The van der Waals surface area contributed by atoms with E-state index in [1.165, 1.54) is 0 Å². The average molecular weight is 195 g/mol. The minimum atomic E-state index is 0.242. The first-order valence-corrected chi connectivity index (χ1v) is 4.81. The van der Waals surface area contributed by atoms with Crippen molar-refractivity contribution >= 4 is 11.5 Å². The van der Waals surface area contributed by atoms with Gasteiger partial charge in [-0.2, -0.15) is 0 Å². The Labute approximate surface area is 84.2 Å². The zero-order valence-corrected chi connectivity index (χ0v) is 8.40. The normalized spacial score (nSPS) is 12.4. The van der Waals surface area contributed by atoms with Crippen LogP contribution in [0.15, 0.2) is 18.3 Å². The molecule has 1 unspecified atom stereocenters. The van der Waals surface area contributed by atoms with Crippen molar-refractivity contribution in [2.45, 2.75) is 25.8 Å². The Bertz CT molecular complexity index is 261. The second-order valence-corrected chi connectivity index (χ2v) is 3.38. The maximum absolute atomic E-state index is 8.66. The lowest BCUT2D eigenvalue weighted by atomic mass is 10.2. The van der Waals surface area contributed by atoms with Crippen molar-refractivity contribution < 1.29 is 5.11 Å². The Morgan fingerprint density at radius 2 is 2.36 bits per heavy atom. The maximum Gasteiger partial charge on any atom is 0.123 e. The van der Waals surface area contributed by atoms with E-state index in [9.17, 15) is 0 Å². The van der Waals surface area contributed by atoms with Crippen molar-refractivity contribution in [2.24, 2.45) is 0 Å². The molecular formula is C10H17N3O. The minimum absolute atomic E-state index is 0.242. The molecule has 0 saturated carbocycles. The van der Waals surface area contributed by atoms with E-state index in [4.69, 9.17) is 10.8 Å². The van der Waals surface area contributed by atoms with Gasteiger partial charge in [-0.3, -0.25) is 0 Å². The molecule has 0 aliphatic carbocycles. The lowest BCUT2D eigenvalue weighted by molar-refractivity contribution is 0.282. The van der Waals surface area contributed by atoms with Crippen LogP contribution in [0, 0.1) is 0 Å². The Balaban J connectivity index is 2.39. The fourth-order valence-electron chi connectivity index (χ4n) is 1.24. The number of nitrogens with zero attached hydrogens (tertiary/aromatic N) is 1. The van der Waals surface area contributed by atoms with Gasteiger partial charge in [-0.15, -0.1) is 0 Å². The topological polar surface area (TPSA) is 71.2 Å². The van der Waals surface area contributed by atoms with Crippen molar-refractivity contribution in [3.05, 3.63) is 18.3 Å². The summed E-state index contributed by atoms with van der Waals surface area (Å²) in [5, 5.41) is 11.9. The second-order valence-electron chi connectivity index (χ2n) is 3.38. The van der Waals surface area contributed by atoms with Gasteiger partial charge in [0, 0.05) is 12.6 Å². The molecule has 0 fully saturated rings. The third-order valence-electron chi connectivity index (χ3n) is 1.99. The molecule has 1 aromatic heterocycles. The molecule has 78 valence electrons. The van der Waals surface area contributed by atoms with Crippen LogP contribution >= 0.6 is 0 Å². The maximum atomic E-state index is 8.66. The van der Waals surface area contributed by atoms with Crippen molar-refractivity contribution in [1.82, 2.24) is 4.98 Å². The smallest absolute Gasteiger partial charge is 0.123 e. The molecule has 0 amide bonds. The van der Waals surface area contributed by atoms with E-state index >= 15 is 0 Å². The first-order valence-electron chi connectivity index (χ1n) is 4.81. The lowest BCUT2D eigenvalue weighted by Gasteiger charge is -2.14. The Morgan fingerprint density at radius 3 is 2.93 bits per heavy atom. The SMILES string of the molecule is CC(CCCO)Nc1ccc(N)nc1. The Morgan fingerprint density at radius 1 is 1.57 bits per heavy atom. The first kappa shape index (κ1) is 10.8. The number of aromatic nitrogens is 1. The van der Waals surface area contributed by atoms with Crippen LogP contribution in [-0.2, 0) is 0 Å². The van der Waals surface area contributed by atoms with Crippen LogP contribution in [0.25, 0.3) is 0 Å². The molecule has 0 aliphatic rings. The predicted molar refractivity (Wildman–Crippen MR) is 58.1 cm³/mol. The molecule has 0 radical (unpaired) electrons. The Kier molecular flexibility index (Phi) is 4.19. The first-order chi connectivity index (χ1) is 6.72. The summed E-state index contributed by atoms with van der Waals surface area (Å²) in [7, 11) is 0. The Hall–Kier alpha value is -1.29. The van der Waals surface area contributed by atoms with Gasteiger partial charge in [-0.05, 0) is 31.9 Å². The van der Waals surface area contributed by atoms with E-state index in [-0.39, 0.29) is 6.61 Å². The molecule has 1 rings (SSSR count). The molecule has 0 bridgehead atoms. The monoisotopic (exact) mass is 195 g/mol. The van der Waals surface area contributed by atoms with Crippen LogP contribution in [0.2, 0.25) is 0 Å². The number of nitrogens with two attached hydrogens (primary N) is 1. The van der Waals surface area contributed by atoms with Gasteiger partial charge in [0.15, 0.2) is 0 Å². The summed E-state index contributed by atoms with van der Waals surface area (Å²) in [6, 6.07) is 4.01. The fraction of sp³-hybridized carbons (Fsp3) is 0.500. The van der Waals surface area contributed by atoms with E-state index in [0.29, 0.717) is 11.9 Å². The van der Waals surface area contributed by atoms with E-state index < -0.39 is 0 Å². The predicted octanol–water partition coefficient (Wildman–Crippen LogP) is 1.24. The van der Waals surface area contributed by atoms with Crippen LogP contribution in [0.3, 0.4) is 0 Å². The zero-order valence-electron chi connectivity index (χ0n) is 8.40. The number of anilines is 2. The van der Waals surface area contributed by atoms with E-state index in [0.717, 1.165) is 18.5 Å². The summed E-state index contributed by atoms with van der Waals surface area (Å²) in [5.41, 5.74) is 6.43. The van der Waals surface area contributed by atoms with Crippen LogP contribution in [-0.4, -0.2) is 22.7 Å². The number of aliphatic hydroxyl groups is 1. The highest BCUT2D eigenvalue weighted by atomic mass is 16.2. The van der Waals surface area contributed by atoms with E-state index in [2.05, 4.69) is 17.2 Å². The second kappa shape index (κ2) is 5.44. The molecule has 0 aromatic carbocycles. The quantitative estimate of drug-likeness (QED) is 0.661. The molecule has 1 aromatic rings. The highest BCUT2D eigenvalue weighted by molar-refractivity contribution is 5.45. The van der Waals surface area contributed by atoms with Crippen molar-refractivity contribution in [3.8, 4) is 0 Å². The number of rotatable bonds is 5. The number of hydrogen-bond acceptors (Lipinski definition) is 4. The number of nitrogens with one attached hydrogen (secondary N) is 1. The standard InChI is InChI=1S/C10H17N3O/c1-8(3-2-6-14)13-9-4-5-10(11)12-7-9/h4-5,7-8,13-14H,2-3,6H2,1H3,(H2,11,12). The van der Waals surface area contributed by atoms with Crippen LogP contribution < -0.4 is 11.1 Å². The van der Waals surface area contributed by atoms with Crippen LogP contribution in [0.4, 0.5) is 11.5 Å².